The minimum Gasteiger partial charge on any atom is -0.367 e. The highest BCUT2D eigenvalue weighted by Gasteiger charge is 2.31. The summed E-state index contributed by atoms with van der Waals surface area (Å²) in [5.41, 5.74) is 5.80. The van der Waals surface area contributed by atoms with E-state index in [1.54, 1.807) is 0 Å². The van der Waals surface area contributed by atoms with Crippen LogP contribution in [0.2, 0.25) is 0 Å². The zero-order valence-electron chi connectivity index (χ0n) is 12.9. The minimum atomic E-state index is -0.464. The first-order valence-electron chi connectivity index (χ1n) is 7.81. The molecule has 114 valence electrons. The second kappa shape index (κ2) is 6.68. The molecule has 1 heterocycles. The largest absolute Gasteiger partial charge is 0.367 e. The van der Waals surface area contributed by atoms with Crippen molar-refractivity contribution in [3.8, 4) is 0 Å². The average Bonchev–Trinajstić information content (AvgIpc) is 3.10. The zero-order chi connectivity index (χ0) is 14.6. The molecule has 2 atom stereocenters. The lowest BCUT2D eigenvalue weighted by molar-refractivity contribution is -0.0403. The van der Waals surface area contributed by atoms with Crippen LogP contribution in [0.1, 0.15) is 64.6 Å². The van der Waals surface area contributed by atoms with Crippen LogP contribution in [0, 0.1) is 5.92 Å². The lowest BCUT2D eigenvalue weighted by Crippen LogP contribution is -2.31. The van der Waals surface area contributed by atoms with Gasteiger partial charge < -0.3 is 15.0 Å². The monoisotopic (exact) mass is 281 g/mol. The Morgan fingerprint density at radius 3 is 2.70 bits per heavy atom. The van der Waals surface area contributed by atoms with Crippen molar-refractivity contribution < 1.29 is 9.26 Å². The summed E-state index contributed by atoms with van der Waals surface area (Å²) in [6.45, 7) is 6.68. The predicted octanol–water partition coefficient (Wildman–Crippen LogP) is 2.79. The van der Waals surface area contributed by atoms with E-state index < -0.39 is 5.60 Å². The predicted molar refractivity (Wildman–Crippen MR) is 77.2 cm³/mol. The Labute approximate surface area is 121 Å². The number of hydrogen-bond acceptors (Lipinski definition) is 5. The van der Waals surface area contributed by atoms with Crippen molar-refractivity contribution in [1.82, 2.24) is 10.1 Å². The van der Waals surface area contributed by atoms with Crippen molar-refractivity contribution in [2.45, 2.75) is 70.9 Å². The third-order valence-corrected chi connectivity index (χ3v) is 4.49. The maximum atomic E-state index is 6.26. The van der Waals surface area contributed by atoms with Gasteiger partial charge in [-0.25, -0.2) is 0 Å². The maximum absolute atomic E-state index is 6.26. The fourth-order valence-corrected chi connectivity index (χ4v) is 2.95. The molecule has 0 aliphatic heterocycles. The van der Waals surface area contributed by atoms with Crippen molar-refractivity contribution in [3.05, 3.63) is 11.7 Å². The summed E-state index contributed by atoms with van der Waals surface area (Å²) < 4.78 is 11.1. The number of aromatic nitrogens is 2. The van der Waals surface area contributed by atoms with Crippen molar-refractivity contribution in [2.75, 3.05) is 6.61 Å². The van der Waals surface area contributed by atoms with E-state index in [0.29, 0.717) is 30.7 Å². The van der Waals surface area contributed by atoms with E-state index in [9.17, 15) is 0 Å². The molecular weight excluding hydrogens is 254 g/mol. The van der Waals surface area contributed by atoms with Crippen molar-refractivity contribution >= 4 is 0 Å². The quantitative estimate of drug-likeness (QED) is 0.831. The molecule has 2 unspecified atom stereocenters. The highest BCUT2D eigenvalue weighted by molar-refractivity contribution is 5.00. The second-order valence-corrected chi connectivity index (χ2v) is 5.94. The Bertz CT molecular complexity index is 415. The molecule has 0 spiro atoms. The van der Waals surface area contributed by atoms with E-state index in [1.165, 1.54) is 25.7 Å². The fourth-order valence-electron chi connectivity index (χ4n) is 2.95. The zero-order valence-corrected chi connectivity index (χ0v) is 12.9. The van der Waals surface area contributed by atoms with Crippen LogP contribution < -0.4 is 5.73 Å². The van der Waals surface area contributed by atoms with Crippen LogP contribution >= 0.6 is 0 Å². The van der Waals surface area contributed by atoms with Gasteiger partial charge in [0.15, 0.2) is 0 Å². The molecule has 0 amide bonds. The molecule has 20 heavy (non-hydrogen) atoms. The van der Waals surface area contributed by atoms with Crippen LogP contribution in [-0.4, -0.2) is 22.8 Å². The first kappa shape index (κ1) is 15.4. The van der Waals surface area contributed by atoms with Gasteiger partial charge in [0.25, 0.3) is 0 Å². The number of ether oxygens (including phenoxy) is 1. The molecule has 0 saturated heterocycles. The standard InChI is InChI=1S/C15H27N3O2/c1-4-15(3,19-5-2)14-17-13(20-18-14)10-12(16)11-8-6-7-9-11/h11-12H,4-10,16H2,1-3H3. The topological polar surface area (TPSA) is 74.2 Å². The highest BCUT2D eigenvalue weighted by Crippen LogP contribution is 2.29. The van der Waals surface area contributed by atoms with Crippen LogP contribution in [0.15, 0.2) is 4.52 Å². The third-order valence-electron chi connectivity index (χ3n) is 4.49. The van der Waals surface area contributed by atoms with E-state index in [-0.39, 0.29) is 6.04 Å². The van der Waals surface area contributed by atoms with Gasteiger partial charge in [0.1, 0.15) is 5.60 Å². The highest BCUT2D eigenvalue weighted by atomic mass is 16.5. The molecule has 1 aromatic heterocycles. The van der Waals surface area contributed by atoms with Gasteiger partial charge >= 0.3 is 0 Å². The van der Waals surface area contributed by atoms with Crippen molar-refractivity contribution in [2.24, 2.45) is 11.7 Å². The lowest BCUT2D eigenvalue weighted by atomic mass is 9.96. The van der Waals surface area contributed by atoms with Crippen LogP contribution in [-0.2, 0) is 16.8 Å². The SMILES string of the molecule is CCOC(C)(CC)c1noc(CC(N)C2CCCC2)n1. The Hall–Kier alpha value is -0.940. The van der Waals surface area contributed by atoms with Gasteiger partial charge in [0, 0.05) is 19.1 Å². The number of nitrogens with two attached hydrogens (primary N) is 1. The Kier molecular flexibility index (Phi) is 5.16. The van der Waals surface area contributed by atoms with E-state index in [4.69, 9.17) is 15.0 Å². The van der Waals surface area contributed by atoms with Crippen molar-refractivity contribution in [1.29, 1.82) is 0 Å². The summed E-state index contributed by atoms with van der Waals surface area (Å²) in [6, 6.07) is 0.130. The normalized spacial score (nSPS) is 21.0. The Morgan fingerprint density at radius 2 is 2.10 bits per heavy atom. The average molecular weight is 281 g/mol. The fraction of sp³-hybridized carbons (Fsp3) is 0.867. The van der Waals surface area contributed by atoms with Gasteiger partial charge in [-0.15, -0.1) is 0 Å². The van der Waals surface area contributed by atoms with Gasteiger partial charge in [0.2, 0.25) is 11.7 Å². The summed E-state index contributed by atoms with van der Waals surface area (Å²) >= 11 is 0. The van der Waals surface area contributed by atoms with Crippen molar-refractivity contribution in [3.63, 3.8) is 0 Å². The maximum Gasteiger partial charge on any atom is 0.228 e. The second-order valence-electron chi connectivity index (χ2n) is 5.94. The summed E-state index contributed by atoms with van der Waals surface area (Å²) in [5.74, 6) is 1.88. The molecule has 1 aliphatic carbocycles. The first-order valence-corrected chi connectivity index (χ1v) is 7.81. The summed E-state index contributed by atoms with van der Waals surface area (Å²) in [6.07, 6.45) is 6.54. The van der Waals surface area contributed by atoms with Gasteiger partial charge in [-0.05, 0) is 39.0 Å². The van der Waals surface area contributed by atoms with E-state index in [1.807, 2.05) is 13.8 Å². The molecule has 2 rings (SSSR count). The van der Waals surface area contributed by atoms with Crippen LogP contribution in [0.3, 0.4) is 0 Å². The number of nitrogens with zero attached hydrogens (tertiary/aromatic N) is 2. The molecule has 1 fully saturated rings. The minimum absolute atomic E-state index is 0.130. The lowest BCUT2D eigenvalue weighted by Gasteiger charge is -2.23. The molecule has 1 aromatic rings. The van der Waals surface area contributed by atoms with E-state index in [2.05, 4.69) is 17.1 Å². The molecule has 5 heteroatoms. The molecule has 5 nitrogen and oxygen atoms in total. The van der Waals surface area contributed by atoms with Crippen LogP contribution in [0.5, 0.6) is 0 Å². The van der Waals surface area contributed by atoms with E-state index in [0.717, 1.165) is 6.42 Å². The molecule has 1 aliphatic rings. The Balaban J connectivity index is 2.00. The molecular formula is C15H27N3O2. The Morgan fingerprint density at radius 1 is 1.40 bits per heavy atom. The summed E-state index contributed by atoms with van der Waals surface area (Å²) in [7, 11) is 0. The molecule has 0 aromatic carbocycles. The van der Waals surface area contributed by atoms with E-state index >= 15 is 0 Å². The molecule has 2 N–H and O–H groups in total. The van der Waals surface area contributed by atoms with Gasteiger partial charge in [-0.1, -0.05) is 24.9 Å². The number of rotatable bonds is 7. The first-order chi connectivity index (χ1) is 9.59. The van der Waals surface area contributed by atoms with Gasteiger partial charge in [-0.2, -0.15) is 4.98 Å². The van der Waals surface area contributed by atoms with Crippen LogP contribution in [0.25, 0.3) is 0 Å². The smallest absolute Gasteiger partial charge is 0.228 e. The molecule has 1 saturated carbocycles. The molecule has 0 radical (unpaired) electrons. The van der Waals surface area contributed by atoms with Crippen LogP contribution in [0.4, 0.5) is 0 Å². The number of hydrogen-bond donors (Lipinski definition) is 1. The third kappa shape index (κ3) is 3.38. The van der Waals surface area contributed by atoms with Gasteiger partial charge in [0.05, 0.1) is 0 Å². The summed E-state index contributed by atoms with van der Waals surface area (Å²) in [4.78, 5) is 4.50. The molecule has 0 bridgehead atoms. The summed E-state index contributed by atoms with van der Waals surface area (Å²) in [5, 5.41) is 4.09. The van der Waals surface area contributed by atoms with Gasteiger partial charge in [-0.3, -0.25) is 0 Å².